The Bertz CT molecular complexity index is 1420. The minimum Gasteiger partial charge on any atom is -0.390 e. The van der Waals surface area contributed by atoms with Gasteiger partial charge in [0.05, 0.1) is 12.1 Å². The molecule has 4 aromatic carbocycles. The molecule has 1 amide bonds. The predicted molar refractivity (Wildman–Crippen MR) is 150 cm³/mol. The lowest BCUT2D eigenvalue weighted by Gasteiger charge is -2.25. The molecule has 3 N–H and O–H groups in total. The van der Waals surface area contributed by atoms with E-state index >= 15 is 0 Å². The number of aryl methyl sites for hydroxylation is 1. The number of hydrogen-bond donors (Lipinski definition) is 3. The van der Waals surface area contributed by atoms with Crippen LogP contribution in [0.4, 0.5) is 13.2 Å². The van der Waals surface area contributed by atoms with E-state index in [4.69, 9.17) is 0 Å². The highest BCUT2D eigenvalue weighted by molar-refractivity contribution is 5.94. The molecule has 4 rings (SSSR count). The fraction of sp³-hybridized carbons (Fsp3) is 0.242. The van der Waals surface area contributed by atoms with Crippen LogP contribution in [0.3, 0.4) is 0 Å². The Morgan fingerprint density at radius 1 is 0.800 bits per heavy atom. The van der Waals surface area contributed by atoms with Crippen LogP contribution in [-0.2, 0) is 25.8 Å². The molecule has 208 valence electrons. The van der Waals surface area contributed by atoms with Crippen LogP contribution in [0.5, 0.6) is 0 Å². The zero-order chi connectivity index (χ0) is 28.5. The number of carbonyl (C=O) groups is 1. The van der Waals surface area contributed by atoms with Crippen LogP contribution in [0.25, 0.3) is 0 Å². The van der Waals surface area contributed by atoms with E-state index in [9.17, 15) is 23.1 Å². The molecule has 0 spiro atoms. The second-order valence-electron chi connectivity index (χ2n) is 9.90. The van der Waals surface area contributed by atoms with Gasteiger partial charge in [-0.3, -0.25) is 4.79 Å². The van der Waals surface area contributed by atoms with Crippen LogP contribution in [0.1, 0.15) is 45.1 Å². The first-order valence-electron chi connectivity index (χ1n) is 13.4. The predicted octanol–water partition coefficient (Wildman–Crippen LogP) is 5.75. The molecule has 0 bridgehead atoms. The summed E-state index contributed by atoms with van der Waals surface area (Å²) in [4.78, 5) is 13.3. The van der Waals surface area contributed by atoms with Gasteiger partial charge >= 0.3 is 0 Å². The summed E-state index contributed by atoms with van der Waals surface area (Å²) in [6.07, 6.45) is 0.192. The monoisotopic (exact) mass is 546 g/mol. The van der Waals surface area contributed by atoms with Crippen LogP contribution in [0.2, 0.25) is 0 Å². The van der Waals surface area contributed by atoms with E-state index < -0.39 is 29.7 Å². The van der Waals surface area contributed by atoms with Gasteiger partial charge in [0.2, 0.25) is 0 Å². The average molecular weight is 547 g/mol. The summed E-state index contributed by atoms with van der Waals surface area (Å²) >= 11 is 0. The van der Waals surface area contributed by atoms with E-state index in [1.165, 1.54) is 23.8 Å². The van der Waals surface area contributed by atoms with Crippen molar-refractivity contribution < 1.29 is 23.1 Å². The molecule has 0 aromatic heterocycles. The molecule has 0 unspecified atom stereocenters. The molecular formula is C33H33F3N2O2. The Morgan fingerprint density at radius 3 is 2.25 bits per heavy atom. The summed E-state index contributed by atoms with van der Waals surface area (Å²) < 4.78 is 41.9. The third-order valence-electron chi connectivity index (χ3n) is 6.78. The van der Waals surface area contributed by atoms with Gasteiger partial charge in [-0.15, -0.1) is 0 Å². The second-order valence-corrected chi connectivity index (χ2v) is 9.90. The maximum atomic E-state index is 14.1. The van der Waals surface area contributed by atoms with Crippen molar-refractivity contribution >= 4 is 5.91 Å². The average Bonchev–Trinajstić information content (AvgIpc) is 2.93. The van der Waals surface area contributed by atoms with E-state index in [0.29, 0.717) is 29.7 Å². The molecule has 40 heavy (non-hydrogen) atoms. The van der Waals surface area contributed by atoms with E-state index in [1.807, 2.05) is 24.3 Å². The lowest BCUT2D eigenvalue weighted by Crippen LogP contribution is -2.48. The standard InChI is InChI=1S/C33H33F3N2O2/c1-2-22-7-5-9-24(13-22)20-37-21-32(39)31(18-25-16-28(34)19-29(35)17-25)38-33(40)27-11-6-8-23(15-27)14-26-10-3-4-12-30(26)36/h3-13,15-17,19,31-32,37,39H,2,14,18,20-21H2,1H3,(H,38,40)/t31-,32-/m0/s1. The molecule has 0 radical (unpaired) electrons. The largest absolute Gasteiger partial charge is 0.390 e. The number of carbonyl (C=O) groups excluding carboxylic acids is 1. The maximum absolute atomic E-state index is 14.1. The van der Waals surface area contributed by atoms with Crippen LogP contribution in [-0.4, -0.2) is 29.7 Å². The van der Waals surface area contributed by atoms with Gasteiger partial charge in [-0.1, -0.05) is 61.5 Å². The van der Waals surface area contributed by atoms with Crippen molar-refractivity contribution in [2.45, 2.75) is 44.9 Å². The minimum atomic E-state index is -1.05. The molecule has 0 aliphatic heterocycles. The summed E-state index contributed by atoms with van der Waals surface area (Å²) in [5, 5.41) is 17.1. The SMILES string of the molecule is CCc1cccc(CNC[C@H](O)[C@H](Cc2cc(F)cc(F)c2)NC(=O)c2cccc(Cc3ccccc3F)c2)c1. The molecule has 0 heterocycles. The Morgan fingerprint density at radius 2 is 1.50 bits per heavy atom. The van der Waals surface area contributed by atoms with Crippen molar-refractivity contribution in [3.05, 3.63) is 142 Å². The number of hydrogen-bond acceptors (Lipinski definition) is 3. The number of aliphatic hydroxyl groups is 1. The molecule has 4 nitrogen and oxygen atoms in total. The number of benzene rings is 4. The van der Waals surface area contributed by atoms with Gasteiger partial charge in [-0.2, -0.15) is 0 Å². The summed E-state index contributed by atoms with van der Waals surface area (Å²) in [6, 6.07) is 23.7. The van der Waals surface area contributed by atoms with Gasteiger partial charge in [-0.25, -0.2) is 13.2 Å². The highest BCUT2D eigenvalue weighted by Gasteiger charge is 2.23. The molecule has 7 heteroatoms. The van der Waals surface area contributed by atoms with Gasteiger partial charge < -0.3 is 15.7 Å². The quantitative estimate of drug-likeness (QED) is 0.212. The second kappa shape index (κ2) is 13.9. The van der Waals surface area contributed by atoms with Crippen molar-refractivity contribution in [3.8, 4) is 0 Å². The molecule has 0 fully saturated rings. The zero-order valence-electron chi connectivity index (χ0n) is 22.3. The summed E-state index contributed by atoms with van der Waals surface area (Å²) in [5.41, 5.74) is 4.17. The zero-order valence-corrected chi connectivity index (χ0v) is 22.3. The van der Waals surface area contributed by atoms with Gasteiger partial charge in [0, 0.05) is 31.1 Å². The molecule has 4 aromatic rings. The Balaban J connectivity index is 1.47. The Labute approximate surface area is 232 Å². The summed E-state index contributed by atoms with van der Waals surface area (Å²) in [7, 11) is 0. The van der Waals surface area contributed by atoms with Crippen LogP contribution < -0.4 is 10.6 Å². The van der Waals surface area contributed by atoms with Gasteiger partial charge in [-0.05, 0) is 71.0 Å². The first kappa shape index (κ1) is 29.1. The minimum absolute atomic E-state index is 0.0174. The lowest BCUT2D eigenvalue weighted by atomic mass is 9.99. The number of halogens is 3. The number of amides is 1. The first-order chi connectivity index (χ1) is 19.3. The van der Waals surface area contributed by atoms with Crippen molar-refractivity contribution in [1.29, 1.82) is 0 Å². The summed E-state index contributed by atoms with van der Waals surface area (Å²) in [6.45, 7) is 2.74. The molecule has 0 saturated carbocycles. The fourth-order valence-corrected chi connectivity index (χ4v) is 4.67. The van der Waals surface area contributed by atoms with Gasteiger partial charge in [0.1, 0.15) is 17.5 Å². The van der Waals surface area contributed by atoms with Gasteiger partial charge in [0.25, 0.3) is 5.91 Å². The van der Waals surface area contributed by atoms with E-state index in [-0.39, 0.29) is 18.8 Å². The van der Waals surface area contributed by atoms with Crippen LogP contribution >= 0.6 is 0 Å². The normalized spacial score (nSPS) is 12.6. The smallest absolute Gasteiger partial charge is 0.251 e. The van der Waals surface area contributed by atoms with Gasteiger partial charge in [0.15, 0.2) is 0 Å². The van der Waals surface area contributed by atoms with E-state index in [2.05, 4.69) is 23.6 Å². The molecular weight excluding hydrogens is 513 g/mol. The number of rotatable bonds is 12. The van der Waals surface area contributed by atoms with Crippen molar-refractivity contribution in [1.82, 2.24) is 10.6 Å². The first-order valence-corrected chi connectivity index (χ1v) is 13.4. The van der Waals surface area contributed by atoms with Crippen LogP contribution in [0, 0.1) is 17.5 Å². The third-order valence-corrected chi connectivity index (χ3v) is 6.78. The lowest BCUT2D eigenvalue weighted by molar-refractivity contribution is 0.0829. The topological polar surface area (TPSA) is 61.4 Å². The van der Waals surface area contributed by atoms with Crippen LogP contribution in [0.15, 0.2) is 91.0 Å². The van der Waals surface area contributed by atoms with E-state index in [1.54, 1.807) is 36.4 Å². The molecule has 0 aliphatic carbocycles. The molecule has 0 aliphatic rings. The fourth-order valence-electron chi connectivity index (χ4n) is 4.67. The van der Waals surface area contributed by atoms with Crippen molar-refractivity contribution in [3.63, 3.8) is 0 Å². The van der Waals surface area contributed by atoms with E-state index in [0.717, 1.165) is 23.6 Å². The number of nitrogens with one attached hydrogen (secondary N) is 2. The maximum Gasteiger partial charge on any atom is 0.251 e. The van der Waals surface area contributed by atoms with Crippen molar-refractivity contribution in [2.24, 2.45) is 0 Å². The highest BCUT2D eigenvalue weighted by Crippen LogP contribution is 2.16. The highest BCUT2D eigenvalue weighted by atomic mass is 19.1. The molecule has 0 saturated heterocycles. The Hall–Kier alpha value is -3.94. The third kappa shape index (κ3) is 8.28. The number of aliphatic hydroxyl groups excluding tert-OH is 1. The summed E-state index contributed by atoms with van der Waals surface area (Å²) in [5.74, 6) is -2.24. The molecule has 2 atom stereocenters. The Kier molecular flexibility index (Phi) is 10.1. The van der Waals surface area contributed by atoms with Crippen molar-refractivity contribution in [2.75, 3.05) is 6.54 Å².